The SMILES string of the molecule is CCN(CC)CCc1nc2ccc(S(=O)(=O)c3cccc4cnccc34)cc2[nH]1. The van der Waals surface area contributed by atoms with Crippen LogP contribution in [0.2, 0.25) is 0 Å². The highest BCUT2D eigenvalue weighted by molar-refractivity contribution is 7.91. The number of nitrogens with zero attached hydrogens (tertiary/aromatic N) is 3. The van der Waals surface area contributed by atoms with E-state index in [1.54, 1.807) is 48.8 Å². The summed E-state index contributed by atoms with van der Waals surface area (Å²) in [5, 5.41) is 1.47. The zero-order valence-electron chi connectivity index (χ0n) is 16.6. The molecule has 0 bridgehead atoms. The second-order valence-electron chi connectivity index (χ2n) is 7.00. The minimum atomic E-state index is -3.67. The molecule has 0 aliphatic rings. The van der Waals surface area contributed by atoms with E-state index in [0.717, 1.165) is 48.3 Å². The molecule has 0 spiro atoms. The van der Waals surface area contributed by atoms with Crippen LogP contribution < -0.4 is 0 Å². The van der Waals surface area contributed by atoms with Crippen LogP contribution in [-0.2, 0) is 16.3 Å². The molecule has 2 aromatic heterocycles. The van der Waals surface area contributed by atoms with Crippen LogP contribution in [0.3, 0.4) is 0 Å². The van der Waals surface area contributed by atoms with Crippen molar-refractivity contribution in [2.24, 2.45) is 0 Å². The first kappa shape index (κ1) is 19.5. The van der Waals surface area contributed by atoms with Crippen molar-refractivity contribution in [3.8, 4) is 0 Å². The highest BCUT2D eigenvalue weighted by atomic mass is 32.2. The van der Waals surface area contributed by atoms with E-state index in [2.05, 4.69) is 33.7 Å². The van der Waals surface area contributed by atoms with Crippen molar-refractivity contribution in [3.63, 3.8) is 0 Å². The molecule has 0 atom stereocenters. The van der Waals surface area contributed by atoms with Crippen molar-refractivity contribution in [2.75, 3.05) is 19.6 Å². The fraction of sp³-hybridized carbons (Fsp3) is 0.273. The Balaban J connectivity index is 1.70. The summed E-state index contributed by atoms with van der Waals surface area (Å²) in [6.45, 7) is 7.20. The fourth-order valence-electron chi connectivity index (χ4n) is 3.59. The summed E-state index contributed by atoms with van der Waals surface area (Å²) in [5.41, 5.74) is 1.52. The van der Waals surface area contributed by atoms with E-state index >= 15 is 0 Å². The zero-order chi connectivity index (χ0) is 20.4. The lowest BCUT2D eigenvalue weighted by Crippen LogP contribution is -2.25. The second-order valence-corrected chi connectivity index (χ2v) is 8.91. The summed E-state index contributed by atoms with van der Waals surface area (Å²) in [5.74, 6) is 0.873. The van der Waals surface area contributed by atoms with Crippen molar-refractivity contribution >= 4 is 31.6 Å². The van der Waals surface area contributed by atoms with Crippen molar-refractivity contribution in [3.05, 3.63) is 60.7 Å². The molecule has 6 nitrogen and oxygen atoms in total. The largest absolute Gasteiger partial charge is 0.342 e. The van der Waals surface area contributed by atoms with E-state index in [9.17, 15) is 8.42 Å². The Morgan fingerprint density at radius 2 is 1.90 bits per heavy atom. The van der Waals surface area contributed by atoms with Gasteiger partial charge in [-0.1, -0.05) is 26.0 Å². The van der Waals surface area contributed by atoms with Gasteiger partial charge in [0, 0.05) is 36.1 Å². The molecular weight excluding hydrogens is 384 g/mol. The fourth-order valence-corrected chi connectivity index (χ4v) is 5.09. The van der Waals surface area contributed by atoms with Crippen LogP contribution >= 0.6 is 0 Å². The Kier molecular flexibility index (Phi) is 5.34. The van der Waals surface area contributed by atoms with E-state index < -0.39 is 9.84 Å². The highest BCUT2D eigenvalue weighted by Gasteiger charge is 2.21. The Morgan fingerprint density at radius 3 is 2.69 bits per heavy atom. The summed E-state index contributed by atoms with van der Waals surface area (Å²) in [4.78, 5) is 14.9. The van der Waals surface area contributed by atoms with Crippen LogP contribution in [0.25, 0.3) is 21.8 Å². The van der Waals surface area contributed by atoms with Gasteiger partial charge in [-0.25, -0.2) is 13.4 Å². The highest BCUT2D eigenvalue weighted by Crippen LogP contribution is 2.29. The molecule has 0 radical (unpaired) electrons. The van der Waals surface area contributed by atoms with Gasteiger partial charge in [-0.15, -0.1) is 0 Å². The van der Waals surface area contributed by atoms with E-state index in [1.165, 1.54) is 0 Å². The van der Waals surface area contributed by atoms with Crippen molar-refractivity contribution in [1.82, 2.24) is 19.9 Å². The number of rotatable bonds is 7. The lowest BCUT2D eigenvalue weighted by molar-refractivity contribution is 0.306. The molecule has 4 rings (SSSR count). The third-order valence-corrected chi connectivity index (χ3v) is 7.11. The Labute approximate surface area is 170 Å². The summed E-state index contributed by atoms with van der Waals surface area (Å²) < 4.78 is 26.7. The molecular formula is C22H24N4O2S. The maximum absolute atomic E-state index is 13.3. The summed E-state index contributed by atoms with van der Waals surface area (Å²) in [6, 6.07) is 12.1. The number of aromatic nitrogens is 3. The molecule has 7 heteroatoms. The summed E-state index contributed by atoms with van der Waals surface area (Å²) in [7, 11) is -3.67. The molecule has 0 unspecified atom stereocenters. The number of imidazole rings is 1. The predicted octanol–water partition coefficient (Wildman–Crippen LogP) is 3.83. The van der Waals surface area contributed by atoms with Crippen LogP contribution in [-0.4, -0.2) is 47.9 Å². The Bertz CT molecular complexity index is 1260. The average Bonchev–Trinajstić information content (AvgIpc) is 3.16. The first-order valence-corrected chi connectivity index (χ1v) is 11.3. The van der Waals surface area contributed by atoms with Gasteiger partial charge >= 0.3 is 0 Å². The molecule has 0 fully saturated rings. The molecule has 29 heavy (non-hydrogen) atoms. The zero-order valence-corrected chi connectivity index (χ0v) is 17.4. The number of nitrogens with one attached hydrogen (secondary N) is 1. The number of sulfone groups is 1. The van der Waals surface area contributed by atoms with Crippen molar-refractivity contribution in [2.45, 2.75) is 30.1 Å². The van der Waals surface area contributed by atoms with Crippen molar-refractivity contribution in [1.29, 1.82) is 0 Å². The molecule has 150 valence electrons. The number of aromatic amines is 1. The average molecular weight is 409 g/mol. The standard InChI is InChI=1S/C22H24N4O2S/c1-3-26(4-2)13-11-22-24-19-9-8-17(14-20(19)25-22)29(27,28)21-7-5-6-16-15-23-12-10-18(16)21/h5-10,12,14-15H,3-4,11,13H2,1-2H3,(H,24,25). The molecule has 4 aromatic rings. The maximum atomic E-state index is 13.3. The first-order valence-electron chi connectivity index (χ1n) is 9.81. The molecule has 0 aliphatic carbocycles. The lowest BCUT2D eigenvalue weighted by Gasteiger charge is -2.16. The van der Waals surface area contributed by atoms with Gasteiger partial charge in [0.15, 0.2) is 0 Å². The summed E-state index contributed by atoms with van der Waals surface area (Å²) >= 11 is 0. The quantitative estimate of drug-likeness (QED) is 0.503. The molecule has 0 aliphatic heterocycles. The van der Waals surface area contributed by atoms with Gasteiger partial charge in [-0.2, -0.15) is 0 Å². The number of benzene rings is 2. The van der Waals surface area contributed by atoms with Gasteiger partial charge in [0.1, 0.15) is 5.82 Å². The number of H-pyrrole nitrogens is 1. The van der Waals surface area contributed by atoms with Crippen LogP contribution in [0.1, 0.15) is 19.7 Å². The first-order chi connectivity index (χ1) is 14.0. The number of hydrogen-bond donors (Lipinski definition) is 1. The van der Waals surface area contributed by atoms with Crippen LogP contribution in [0.4, 0.5) is 0 Å². The smallest absolute Gasteiger partial charge is 0.207 e. The monoisotopic (exact) mass is 408 g/mol. The summed E-state index contributed by atoms with van der Waals surface area (Å²) in [6.07, 6.45) is 4.09. The third-order valence-electron chi connectivity index (χ3n) is 5.30. The Hall–Kier alpha value is -2.77. The van der Waals surface area contributed by atoms with E-state index in [4.69, 9.17) is 0 Å². The predicted molar refractivity (Wildman–Crippen MR) is 115 cm³/mol. The van der Waals surface area contributed by atoms with Gasteiger partial charge in [0.25, 0.3) is 0 Å². The topological polar surface area (TPSA) is 79.0 Å². The molecule has 0 saturated carbocycles. The molecule has 0 amide bonds. The number of fused-ring (bicyclic) bond motifs is 2. The van der Waals surface area contributed by atoms with Gasteiger partial charge in [-0.3, -0.25) is 4.98 Å². The minimum absolute atomic E-state index is 0.258. The van der Waals surface area contributed by atoms with Crippen molar-refractivity contribution < 1.29 is 8.42 Å². The van der Waals surface area contributed by atoms with E-state index in [0.29, 0.717) is 5.39 Å². The minimum Gasteiger partial charge on any atom is -0.342 e. The van der Waals surface area contributed by atoms with Gasteiger partial charge < -0.3 is 9.88 Å². The third kappa shape index (κ3) is 3.75. The number of pyridine rings is 1. The van der Waals surface area contributed by atoms with E-state index in [-0.39, 0.29) is 9.79 Å². The second kappa shape index (κ2) is 7.93. The van der Waals surface area contributed by atoms with Gasteiger partial charge in [-0.05, 0) is 43.4 Å². The number of hydrogen-bond acceptors (Lipinski definition) is 5. The molecule has 0 saturated heterocycles. The van der Waals surface area contributed by atoms with Gasteiger partial charge in [0.2, 0.25) is 9.84 Å². The number of likely N-dealkylation sites (N-methyl/N-ethyl adjacent to an activating group) is 1. The molecule has 1 N–H and O–H groups in total. The van der Waals surface area contributed by atoms with E-state index in [1.807, 2.05) is 6.07 Å². The lowest BCUT2D eigenvalue weighted by atomic mass is 10.2. The van der Waals surface area contributed by atoms with Crippen LogP contribution in [0.15, 0.2) is 64.6 Å². The maximum Gasteiger partial charge on any atom is 0.207 e. The molecule has 2 aromatic carbocycles. The van der Waals surface area contributed by atoms with Gasteiger partial charge in [0.05, 0.1) is 20.8 Å². The Morgan fingerprint density at radius 1 is 1.07 bits per heavy atom. The molecule has 2 heterocycles. The van der Waals surface area contributed by atoms with Crippen LogP contribution in [0.5, 0.6) is 0 Å². The normalized spacial score (nSPS) is 12.2. The van der Waals surface area contributed by atoms with Crippen LogP contribution in [0, 0.1) is 0 Å².